The Kier molecular flexibility index (Phi) is 3.19. The van der Waals surface area contributed by atoms with Gasteiger partial charge in [-0.25, -0.2) is 9.97 Å². The molecule has 3 aromatic rings. The van der Waals surface area contributed by atoms with Gasteiger partial charge >= 0.3 is 0 Å². The molecular weight excluding hydrogens is 296 g/mol. The molecule has 0 radical (unpaired) electrons. The van der Waals surface area contributed by atoms with Gasteiger partial charge in [-0.3, -0.25) is 14.5 Å². The van der Waals surface area contributed by atoms with E-state index in [2.05, 4.69) is 15.3 Å². The number of imidazole rings is 1. The molecule has 0 unspecified atom stereocenters. The van der Waals surface area contributed by atoms with Crippen LogP contribution < -0.4 is 5.32 Å². The van der Waals surface area contributed by atoms with E-state index in [9.17, 15) is 4.79 Å². The van der Waals surface area contributed by atoms with Crippen LogP contribution in [0.3, 0.4) is 0 Å². The van der Waals surface area contributed by atoms with E-state index in [1.807, 2.05) is 12.3 Å². The number of nitrogens with zero attached hydrogens (tertiary/aromatic N) is 3. The summed E-state index contributed by atoms with van der Waals surface area (Å²) in [4.78, 5) is 20.9. The minimum Gasteiger partial charge on any atom is -0.296 e. The highest BCUT2D eigenvalue weighted by atomic mass is 35.5. The Morgan fingerprint density at radius 1 is 1.40 bits per heavy atom. The summed E-state index contributed by atoms with van der Waals surface area (Å²) in [6.07, 6.45) is 1.74. The van der Waals surface area contributed by atoms with Crippen LogP contribution in [-0.4, -0.2) is 20.3 Å². The van der Waals surface area contributed by atoms with E-state index in [0.29, 0.717) is 27.2 Å². The summed E-state index contributed by atoms with van der Waals surface area (Å²) in [5.74, 6) is -0.230. The lowest BCUT2D eigenvalue weighted by Gasteiger charge is -2.03. The summed E-state index contributed by atoms with van der Waals surface area (Å²) >= 11 is 7.33. The fraction of sp³-hybridized carbons (Fsp3) is 0.154. The average Bonchev–Trinajstić information content (AvgIpc) is 2.91. The molecule has 0 aromatic carbocycles. The molecule has 3 aromatic heterocycles. The number of halogens is 1. The molecule has 1 N–H and O–H groups in total. The van der Waals surface area contributed by atoms with Crippen molar-refractivity contribution in [3.05, 3.63) is 45.8 Å². The second-order valence-corrected chi connectivity index (χ2v) is 5.66. The number of aromatic nitrogens is 3. The lowest BCUT2D eigenvalue weighted by atomic mass is 10.3. The van der Waals surface area contributed by atoms with Crippen LogP contribution in [0.2, 0.25) is 5.02 Å². The first-order valence-electron chi connectivity index (χ1n) is 5.92. The number of pyridine rings is 1. The maximum Gasteiger partial charge on any atom is 0.276 e. The highest BCUT2D eigenvalue weighted by molar-refractivity contribution is 7.13. The van der Waals surface area contributed by atoms with Crippen molar-refractivity contribution < 1.29 is 4.79 Å². The molecule has 5 nitrogen and oxygen atoms in total. The second kappa shape index (κ2) is 4.88. The number of hydrogen-bond acceptors (Lipinski definition) is 4. The number of anilines is 1. The van der Waals surface area contributed by atoms with Gasteiger partial charge in [0.05, 0.1) is 11.4 Å². The van der Waals surface area contributed by atoms with E-state index in [1.54, 1.807) is 29.7 Å². The van der Waals surface area contributed by atoms with Gasteiger partial charge < -0.3 is 0 Å². The molecule has 0 fully saturated rings. The van der Waals surface area contributed by atoms with Crippen molar-refractivity contribution in [2.24, 2.45) is 0 Å². The molecule has 102 valence electrons. The van der Waals surface area contributed by atoms with Crippen molar-refractivity contribution in [1.82, 2.24) is 14.4 Å². The number of hydrogen-bond donors (Lipinski definition) is 1. The summed E-state index contributed by atoms with van der Waals surface area (Å²) in [6, 6.07) is 3.44. The number of thiazole rings is 1. The zero-order valence-corrected chi connectivity index (χ0v) is 12.4. The third-order valence-electron chi connectivity index (χ3n) is 2.82. The molecule has 0 spiro atoms. The Morgan fingerprint density at radius 3 is 2.90 bits per heavy atom. The van der Waals surface area contributed by atoms with Crippen molar-refractivity contribution in [3.63, 3.8) is 0 Å². The lowest BCUT2D eigenvalue weighted by Crippen LogP contribution is -2.15. The van der Waals surface area contributed by atoms with Crippen LogP contribution in [0.4, 0.5) is 5.13 Å². The fourth-order valence-electron chi connectivity index (χ4n) is 1.98. The molecule has 7 heteroatoms. The first-order chi connectivity index (χ1) is 9.54. The van der Waals surface area contributed by atoms with E-state index in [0.717, 1.165) is 5.69 Å². The van der Waals surface area contributed by atoms with E-state index in [1.165, 1.54) is 11.3 Å². The SMILES string of the molecule is Cc1csc(NC(=O)c2c(C)nc3cc(Cl)ccn23)n1. The van der Waals surface area contributed by atoms with Crippen molar-refractivity contribution in [1.29, 1.82) is 0 Å². The van der Waals surface area contributed by atoms with Gasteiger partial charge in [-0.15, -0.1) is 11.3 Å². The van der Waals surface area contributed by atoms with Crippen LogP contribution in [0.1, 0.15) is 21.9 Å². The van der Waals surface area contributed by atoms with E-state index < -0.39 is 0 Å². The molecule has 0 aliphatic carbocycles. The third-order valence-corrected chi connectivity index (χ3v) is 3.93. The first kappa shape index (κ1) is 13.1. The van der Waals surface area contributed by atoms with Gasteiger partial charge in [-0.2, -0.15) is 0 Å². The summed E-state index contributed by atoms with van der Waals surface area (Å²) in [5, 5.41) is 5.84. The third kappa shape index (κ3) is 2.28. The summed E-state index contributed by atoms with van der Waals surface area (Å²) in [7, 11) is 0. The van der Waals surface area contributed by atoms with Gasteiger partial charge in [-0.05, 0) is 19.9 Å². The fourth-order valence-corrected chi connectivity index (χ4v) is 2.82. The van der Waals surface area contributed by atoms with Crippen molar-refractivity contribution in [3.8, 4) is 0 Å². The molecule has 0 aliphatic heterocycles. The molecule has 0 bridgehead atoms. The van der Waals surface area contributed by atoms with E-state index in [4.69, 9.17) is 11.6 Å². The second-order valence-electron chi connectivity index (χ2n) is 4.37. The van der Waals surface area contributed by atoms with Crippen molar-refractivity contribution >= 4 is 39.6 Å². The quantitative estimate of drug-likeness (QED) is 0.790. The van der Waals surface area contributed by atoms with Gasteiger partial charge in [0, 0.05) is 22.7 Å². The smallest absolute Gasteiger partial charge is 0.276 e. The zero-order valence-electron chi connectivity index (χ0n) is 10.8. The predicted molar refractivity (Wildman–Crippen MR) is 79.7 cm³/mol. The largest absolute Gasteiger partial charge is 0.296 e. The molecule has 3 rings (SSSR count). The normalized spacial score (nSPS) is 10.9. The number of aryl methyl sites for hydroxylation is 2. The van der Waals surface area contributed by atoms with E-state index in [-0.39, 0.29) is 5.91 Å². The van der Waals surface area contributed by atoms with E-state index >= 15 is 0 Å². The van der Waals surface area contributed by atoms with Gasteiger partial charge in [0.2, 0.25) is 0 Å². The summed E-state index contributed by atoms with van der Waals surface area (Å²) in [6.45, 7) is 3.68. The molecule has 0 saturated heterocycles. The number of nitrogens with one attached hydrogen (secondary N) is 1. The van der Waals surface area contributed by atoms with Crippen LogP contribution >= 0.6 is 22.9 Å². The molecule has 0 aliphatic rings. The zero-order chi connectivity index (χ0) is 14.3. The highest BCUT2D eigenvalue weighted by Crippen LogP contribution is 2.19. The lowest BCUT2D eigenvalue weighted by molar-refractivity contribution is 0.102. The maximum atomic E-state index is 12.4. The molecular formula is C13H11ClN4OS. The van der Waals surface area contributed by atoms with Crippen molar-refractivity contribution in [2.75, 3.05) is 5.32 Å². The van der Waals surface area contributed by atoms with Crippen LogP contribution in [-0.2, 0) is 0 Å². The topological polar surface area (TPSA) is 59.3 Å². The van der Waals surface area contributed by atoms with Crippen LogP contribution in [0.5, 0.6) is 0 Å². The molecule has 3 heterocycles. The minimum atomic E-state index is -0.230. The summed E-state index contributed by atoms with van der Waals surface area (Å²) in [5.41, 5.74) is 2.67. The Balaban J connectivity index is 2.01. The predicted octanol–water partition coefficient (Wildman–Crippen LogP) is 3.31. The molecule has 1 amide bonds. The number of fused-ring (bicyclic) bond motifs is 1. The maximum absolute atomic E-state index is 12.4. The number of carbonyl (C=O) groups excluding carboxylic acids is 1. The highest BCUT2D eigenvalue weighted by Gasteiger charge is 2.17. The van der Waals surface area contributed by atoms with Crippen molar-refractivity contribution in [2.45, 2.75) is 13.8 Å². The summed E-state index contributed by atoms with van der Waals surface area (Å²) < 4.78 is 1.72. The first-order valence-corrected chi connectivity index (χ1v) is 7.18. The van der Waals surface area contributed by atoms with Gasteiger partial charge in [0.15, 0.2) is 5.13 Å². The molecule has 0 saturated carbocycles. The standard InChI is InChI=1S/C13H11ClN4OS/c1-7-6-20-13(15-7)17-12(19)11-8(2)16-10-5-9(14)3-4-18(10)11/h3-6H,1-2H3,(H,15,17,19). The van der Waals surface area contributed by atoms with Gasteiger partial charge in [0.25, 0.3) is 5.91 Å². The van der Waals surface area contributed by atoms with Crippen LogP contribution in [0.15, 0.2) is 23.7 Å². The Bertz CT molecular complexity index is 808. The number of carbonyl (C=O) groups is 1. The van der Waals surface area contributed by atoms with Crippen LogP contribution in [0.25, 0.3) is 5.65 Å². The number of amides is 1. The monoisotopic (exact) mass is 306 g/mol. The number of rotatable bonds is 2. The Labute approximate surface area is 124 Å². The molecule has 0 atom stereocenters. The van der Waals surface area contributed by atoms with Gasteiger partial charge in [-0.1, -0.05) is 11.6 Å². The average molecular weight is 307 g/mol. The van der Waals surface area contributed by atoms with Gasteiger partial charge in [0.1, 0.15) is 11.3 Å². The Hall–Kier alpha value is -1.92. The van der Waals surface area contributed by atoms with Crippen LogP contribution in [0, 0.1) is 13.8 Å². The minimum absolute atomic E-state index is 0.230. The Morgan fingerprint density at radius 2 is 2.20 bits per heavy atom. The molecule has 20 heavy (non-hydrogen) atoms.